The van der Waals surface area contributed by atoms with Gasteiger partial charge in [-0.1, -0.05) is 12.1 Å². The molecule has 0 saturated carbocycles. The minimum Gasteiger partial charge on any atom is -0.268 e. The van der Waals surface area contributed by atoms with E-state index in [0.717, 1.165) is 11.0 Å². The number of nitro benzene ring substituents is 1. The predicted molar refractivity (Wildman–Crippen MR) is 78.4 cm³/mol. The van der Waals surface area contributed by atoms with Gasteiger partial charge in [-0.2, -0.15) is 0 Å². The summed E-state index contributed by atoms with van der Waals surface area (Å²) in [6.07, 6.45) is 0. The summed E-state index contributed by atoms with van der Waals surface area (Å²) >= 11 is 3.29. The number of nitro groups is 1. The van der Waals surface area contributed by atoms with E-state index in [1.807, 2.05) is 0 Å². The fourth-order valence-corrected chi connectivity index (χ4v) is 2.66. The molecular weight excluding hydrogens is 340 g/mol. The van der Waals surface area contributed by atoms with Gasteiger partial charge in [0.1, 0.15) is 0 Å². The van der Waals surface area contributed by atoms with Gasteiger partial charge in [-0.05, 0) is 34.1 Å². The lowest BCUT2D eigenvalue weighted by atomic mass is 10.1. The van der Waals surface area contributed by atoms with E-state index in [1.165, 1.54) is 12.1 Å². The van der Waals surface area contributed by atoms with Crippen LogP contribution in [-0.2, 0) is 0 Å². The van der Waals surface area contributed by atoms with Gasteiger partial charge in [0.05, 0.1) is 21.7 Å². The first-order valence-corrected chi connectivity index (χ1v) is 6.72. The van der Waals surface area contributed by atoms with Crippen LogP contribution in [0, 0.1) is 10.1 Å². The van der Waals surface area contributed by atoms with E-state index in [1.54, 1.807) is 24.3 Å². The number of benzene rings is 2. The van der Waals surface area contributed by atoms with Crippen molar-refractivity contribution in [3.05, 3.63) is 68.2 Å². The highest BCUT2D eigenvalue weighted by Gasteiger charge is 2.38. The molecule has 1 aliphatic heterocycles. The Balaban J connectivity index is 2.13. The normalized spacial score (nSPS) is 13.5. The standard InChI is InChI=1S/C14H7BrN2O4/c15-11-3-1-2-4-12(11)16-13(18)9-6-5-8(17(20)21)7-10(9)14(16)19/h1-7H. The highest BCUT2D eigenvalue weighted by Crippen LogP contribution is 2.34. The second-order valence-corrected chi connectivity index (χ2v) is 5.24. The largest absolute Gasteiger partial charge is 0.270 e. The van der Waals surface area contributed by atoms with E-state index < -0.39 is 16.7 Å². The lowest BCUT2D eigenvalue weighted by molar-refractivity contribution is -0.384. The molecule has 2 amide bonds. The second-order valence-electron chi connectivity index (χ2n) is 4.38. The zero-order valence-electron chi connectivity index (χ0n) is 10.4. The number of hydrogen-bond donors (Lipinski definition) is 0. The van der Waals surface area contributed by atoms with Crippen molar-refractivity contribution >= 4 is 39.1 Å². The van der Waals surface area contributed by atoms with Crippen molar-refractivity contribution in [1.82, 2.24) is 0 Å². The topological polar surface area (TPSA) is 80.5 Å². The molecule has 1 heterocycles. The molecule has 0 bridgehead atoms. The summed E-state index contributed by atoms with van der Waals surface area (Å²) in [5, 5.41) is 10.8. The molecule has 0 aliphatic carbocycles. The Bertz CT molecular complexity index is 803. The Labute approximate surface area is 127 Å². The third-order valence-corrected chi connectivity index (χ3v) is 3.84. The third-order valence-electron chi connectivity index (χ3n) is 3.17. The molecule has 0 N–H and O–H groups in total. The van der Waals surface area contributed by atoms with Gasteiger partial charge in [0.2, 0.25) is 0 Å². The Kier molecular flexibility index (Phi) is 3.06. The van der Waals surface area contributed by atoms with Crippen LogP contribution in [0.15, 0.2) is 46.9 Å². The molecule has 2 aromatic rings. The molecule has 0 atom stereocenters. The molecule has 3 rings (SSSR count). The number of amides is 2. The molecule has 1 aliphatic rings. The molecule has 2 aromatic carbocycles. The predicted octanol–water partition coefficient (Wildman–Crippen LogP) is 3.16. The van der Waals surface area contributed by atoms with Crippen LogP contribution >= 0.6 is 15.9 Å². The molecule has 0 saturated heterocycles. The first-order valence-electron chi connectivity index (χ1n) is 5.92. The zero-order valence-corrected chi connectivity index (χ0v) is 12.0. The SMILES string of the molecule is O=C1c2ccc([N+](=O)[O-])cc2C(=O)N1c1ccccc1Br. The van der Waals surface area contributed by atoms with Crippen LogP contribution in [0.5, 0.6) is 0 Å². The van der Waals surface area contributed by atoms with Crippen molar-refractivity contribution in [3.8, 4) is 0 Å². The average molecular weight is 347 g/mol. The van der Waals surface area contributed by atoms with E-state index in [2.05, 4.69) is 15.9 Å². The quantitative estimate of drug-likeness (QED) is 0.475. The van der Waals surface area contributed by atoms with Gasteiger partial charge in [0.15, 0.2) is 0 Å². The number of fused-ring (bicyclic) bond motifs is 1. The zero-order chi connectivity index (χ0) is 15.1. The van der Waals surface area contributed by atoms with Gasteiger partial charge < -0.3 is 0 Å². The lowest BCUT2D eigenvalue weighted by Gasteiger charge is -2.15. The first-order chi connectivity index (χ1) is 10.0. The number of rotatable bonds is 2. The van der Waals surface area contributed by atoms with Crippen molar-refractivity contribution in [3.63, 3.8) is 0 Å². The van der Waals surface area contributed by atoms with Crippen LogP contribution in [-0.4, -0.2) is 16.7 Å². The van der Waals surface area contributed by atoms with E-state index in [9.17, 15) is 19.7 Å². The number of carbonyl (C=O) groups is 2. The molecule has 0 radical (unpaired) electrons. The molecule has 7 heteroatoms. The Hall–Kier alpha value is -2.54. The van der Waals surface area contributed by atoms with Crippen LogP contribution in [0.2, 0.25) is 0 Å². The summed E-state index contributed by atoms with van der Waals surface area (Å²) in [5.41, 5.74) is 0.404. The molecule has 0 fully saturated rings. The van der Waals surface area contributed by atoms with Gasteiger partial charge >= 0.3 is 0 Å². The number of nitrogens with zero attached hydrogens (tertiary/aromatic N) is 2. The number of para-hydroxylation sites is 1. The van der Waals surface area contributed by atoms with Crippen LogP contribution < -0.4 is 4.90 Å². The molecule has 21 heavy (non-hydrogen) atoms. The summed E-state index contributed by atoms with van der Waals surface area (Å²) in [6, 6.07) is 10.5. The maximum absolute atomic E-state index is 12.4. The van der Waals surface area contributed by atoms with Crippen molar-refractivity contribution in [1.29, 1.82) is 0 Å². The molecule has 0 aromatic heterocycles. The van der Waals surface area contributed by atoms with Crippen molar-refractivity contribution in [2.45, 2.75) is 0 Å². The molecular formula is C14H7BrN2O4. The summed E-state index contributed by atoms with van der Waals surface area (Å²) in [5.74, 6) is -1.05. The van der Waals surface area contributed by atoms with Crippen LogP contribution in [0.25, 0.3) is 0 Å². The van der Waals surface area contributed by atoms with Gasteiger partial charge in [0, 0.05) is 16.6 Å². The van der Waals surface area contributed by atoms with Crippen molar-refractivity contribution < 1.29 is 14.5 Å². The number of halogens is 1. The Morgan fingerprint density at radius 1 is 1.00 bits per heavy atom. The van der Waals surface area contributed by atoms with Crippen LogP contribution in [0.3, 0.4) is 0 Å². The highest BCUT2D eigenvalue weighted by molar-refractivity contribution is 9.10. The fourth-order valence-electron chi connectivity index (χ4n) is 2.19. The fraction of sp³-hybridized carbons (Fsp3) is 0. The van der Waals surface area contributed by atoms with E-state index in [4.69, 9.17) is 0 Å². The summed E-state index contributed by atoms with van der Waals surface area (Å²) in [6.45, 7) is 0. The molecule has 104 valence electrons. The van der Waals surface area contributed by atoms with Gasteiger partial charge in [0.25, 0.3) is 17.5 Å². The van der Waals surface area contributed by atoms with E-state index in [0.29, 0.717) is 10.2 Å². The van der Waals surface area contributed by atoms with Gasteiger partial charge in [-0.3, -0.25) is 19.7 Å². The smallest absolute Gasteiger partial charge is 0.268 e. The second kappa shape index (κ2) is 4.78. The van der Waals surface area contributed by atoms with Crippen LogP contribution in [0.4, 0.5) is 11.4 Å². The number of anilines is 1. The molecule has 0 spiro atoms. The first kappa shape index (κ1) is 13.4. The van der Waals surface area contributed by atoms with Gasteiger partial charge in [-0.15, -0.1) is 0 Å². The van der Waals surface area contributed by atoms with Gasteiger partial charge in [-0.25, -0.2) is 4.90 Å². The average Bonchev–Trinajstić information content (AvgIpc) is 2.71. The summed E-state index contributed by atoms with van der Waals surface area (Å²) in [7, 11) is 0. The van der Waals surface area contributed by atoms with E-state index in [-0.39, 0.29) is 16.8 Å². The third kappa shape index (κ3) is 2.02. The minimum absolute atomic E-state index is 0.0463. The summed E-state index contributed by atoms with van der Waals surface area (Å²) < 4.78 is 0.592. The van der Waals surface area contributed by atoms with Crippen molar-refractivity contribution in [2.75, 3.05) is 4.90 Å². The van der Waals surface area contributed by atoms with Crippen molar-refractivity contribution in [2.24, 2.45) is 0 Å². The maximum atomic E-state index is 12.4. The summed E-state index contributed by atoms with van der Waals surface area (Å²) in [4.78, 5) is 35.9. The number of carbonyl (C=O) groups excluding carboxylic acids is 2. The number of hydrogen-bond acceptors (Lipinski definition) is 4. The minimum atomic E-state index is -0.598. The number of non-ortho nitro benzene ring substituents is 1. The monoisotopic (exact) mass is 346 g/mol. The van der Waals surface area contributed by atoms with E-state index >= 15 is 0 Å². The Morgan fingerprint density at radius 2 is 1.67 bits per heavy atom. The number of imide groups is 1. The highest BCUT2D eigenvalue weighted by atomic mass is 79.9. The molecule has 6 nitrogen and oxygen atoms in total. The Morgan fingerprint density at radius 3 is 2.33 bits per heavy atom. The lowest BCUT2D eigenvalue weighted by Crippen LogP contribution is -2.29. The maximum Gasteiger partial charge on any atom is 0.270 e. The van der Waals surface area contributed by atoms with Crippen LogP contribution in [0.1, 0.15) is 20.7 Å². The molecule has 0 unspecified atom stereocenters.